The smallest absolute Gasteiger partial charge is 0.261 e. The molecule has 3 rings (SSSR count). The third-order valence-electron chi connectivity index (χ3n) is 3.83. The molecular formula is C19H18N2O2. The second-order valence-electron chi connectivity index (χ2n) is 5.70. The second-order valence-corrected chi connectivity index (χ2v) is 5.70. The van der Waals surface area contributed by atoms with Crippen molar-refractivity contribution in [3.63, 3.8) is 0 Å². The van der Waals surface area contributed by atoms with Gasteiger partial charge in [0.1, 0.15) is 0 Å². The van der Waals surface area contributed by atoms with Crippen LogP contribution >= 0.6 is 0 Å². The number of nitrogens with zero attached hydrogens (tertiary/aromatic N) is 2. The summed E-state index contributed by atoms with van der Waals surface area (Å²) >= 11 is 0. The first-order chi connectivity index (χ1) is 11.1. The fourth-order valence-electron chi connectivity index (χ4n) is 2.60. The third kappa shape index (κ3) is 3.01. The van der Waals surface area contributed by atoms with Gasteiger partial charge in [-0.25, -0.2) is 4.90 Å². The molecule has 0 radical (unpaired) electrons. The second kappa shape index (κ2) is 6.08. The van der Waals surface area contributed by atoms with Gasteiger partial charge in [0.25, 0.3) is 5.91 Å². The van der Waals surface area contributed by atoms with Gasteiger partial charge in [-0.1, -0.05) is 30.3 Å². The van der Waals surface area contributed by atoms with Crippen molar-refractivity contribution in [2.24, 2.45) is 0 Å². The molecule has 4 nitrogen and oxygen atoms in total. The van der Waals surface area contributed by atoms with Crippen molar-refractivity contribution in [3.05, 3.63) is 65.7 Å². The molecule has 2 aromatic rings. The Hall–Kier alpha value is -2.88. The van der Waals surface area contributed by atoms with E-state index in [1.54, 1.807) is 18.2 Å². The molecule has 0 bridgehead atoms. The van der Waals surface area contributed by atoms with Crippen molar-refractivity contribution in [2.75, 3.05) is 23.9 Å². The number of amides is 2. The van der Waals surface area contributed by atoms with Crippen molar-refractivity contribution in [1.29, 1.82) is 0 Å². The Kier molecular flexibility index (Phi) is 3.98. The Bertz CT molecular complexity index is 762. The highest BCUT2D eigenvalue weighted by Gasteiger charge is 2.34. The minimum atomic E-state index is -0.238. The summed E-state index contributed by atoms with van der Waals surface area (Å²) in [6, 6.07) is 16.9. The third-order valence-corrected chi connectivity index (χ3v) is 3.83. The van der Waals surface area contributed by atoms with Crippen LogP contribution in [-0.2, 0) is 9.59 Å². The molecule has 1 aliphatic rings. The van der Waals surface area contributed by atoms with E-state index >= 15 is 0 Å². The van der Waals surface area contributed by atoms with Crippen LogP contribution in [0.15, 0.2) is 60.2 Å². The topological polar surface area (TPSA) is 40.6 Å². The molecule has 1 fully saturated rings. The average Bonchev–Trinajstić information content (AvgIpc) is 2.82. The maximum atomic E-state index is 12.5. The van der Waals surface area contributed by atoms with Crippen LogP contribution in [0.25, 0.3) is 6.08 Å². The lowest BCUT2D eigenvalue weighted by molar-refractivity contribution is -0.120. The number of anilines is 2. The van der Waals surface area contributed by atoms with E-state index in [9.17, 15) is 9.59 Å². The Morgan fingerprint density at radius 3 is 2.22 bits per heavy atom. The maximum Gasteiger partial charge on any atom is 0.261 e. The van der Waals surface area contributed by atoms with Gasteiger partial charge in [0.15, 0.2) is 0 Å². The summed E-state index contributed by atoms with van der Waals surface area (Å²) in [4.78, 5) is 28.0. The summed E-state index contributed by atoms with van der Waals surface area (Å²) < 4.78 is 0. The molecule has 0 N–H and O–H groups in total. The first-order valence-corrected chi connectivity index (χ1v) is 7.46. The molecule has 4 heteroatoms. The zero-order valence-corrected chi connectivity index (χ0v) is 13.2. The summed E-state index contributed by atoms with van der Waals surface area (Å²) in [5.41, 5.74) is 3.15. The average molecular weight is 306 g/mol. The van der Waals surface area contributed by atoms with Gasteiger partial charge in [0.2, 0.25) is 5.91 Å². The van der Waals surface area contributed by atoms with Crippen molar-refractivity contribution >= 4 is 29.3 Å². The molecule has 2 amide bonds. The molecule has 0 spiro atoms. The molecule has 0 atom stereocenters. The van der Waals surface area contributed by atoms with Crippen molar-refractivity contribution in [2.45, 2.75) is 6.42 Å². The van der Waals surface area contributed by atoms with E-state index in [0.717, 1.165) is 11.3 Å². The van der Waals surface area contributed by atoms with Crippen LogP contribution in [0, 0.1) is 0 Å². The van der Waals surface area contributed by atoms with Gasteiger partial charge < -0.3 is 4.90 Å². The molecule has 116 valence electrons. The number of hydrogen-bond acceptors (Lipinski definition) is 3. The molecule has 1 aliphatic heterocycles. The van der Waals surface area contributed by atoms with Crippen LogP contribution in [0.3, 0.4) is 0 Å². The summed E-state index contributed by atoms with van der Waals surface area (Å²) in [6.07, 6.45) is 1.94. The van der Waals surface area contributed by atoms with Crippen LogP contribution in [0.4, 0.5) is 11.4 Å². The standard InChI is InChI=1S/C19H18N2O2/c1-20(2)16-10-8-14(9-11-16)12-15-13-18(22)21(19(15)23)17-6-4-3-5-7-17/h3-12H,13H2,1-2H3/b15-12+. The molecule has 1 saturated heterocycles. The Labute approximate surface area is 135 Å². The lowest BCUT2D eigenvalue weighted by atomic mass is 10.1. The Morgan fingerprint density at radius 1 is 0.957 bits per heavy atom. The van der Waals surface area contributed by atoms with Crippen LogP contribution in [0.1, 0.15) is 12.0 Å². The quantitative estimate of drug-likeness (QED) is 0.646. The zero-order chi connectivity index (χ0) is 16.4. The number of rotatable bonds is 3. The van der Waals surface area contributed by atoms with Crippen molar-refractivity contribution < 1.29 is 9.59 Å². The van der Waals surface area contributed by atoms with Crippen molar-refractivity contribution in [3.8, 4) is 0 Å². The SMILES string of the molecule is CN(C)c1ccc(/C=C2\CC(=O)N(c3ccccc3)C2=O)cc1. The molecule has 2 aromatic carbocycles. The number of carbonyl (C=O) groups is 2. The van der Waals surface area contributed by atoms with Crippen LogP contribution in [0.2, 0.25) is 0 Å². The number of benzene rings is 2. The fourth-order valence-corrected chi connectivity index (χ4v) is 2.60. The first-order valence-electron chi connectivity index (χ1n) is 7.46. The lowest BCUT2D eigenvalue weighted by Gasteiger charge is -2.13. The van der Waals surface area contributed by atoms with Gasteiger partial charge in [-0.15, -0.1) is 0 Å². The normalized spacial score (nSPS) is 16.3. The number of hydrogen-bond donors (Lipinski definition) is 0. The van der Waals surface area contributed by atoms with E-state index in [-0.39, 0.29) is 18.2 Å². The molecule has 23 heavy (non-hydrogen) atoms. The number of imide groups is 1. The van der Waals surface area contributed by atoms with Crippen LogP contribution in [-0.4, -0.2) is 25.9 Å². The highest BCUT2D eigenvalue weighted by Crippen LogP contribution is 2.27. The zero-order valence-electron chi connectivity index (χ0n) is 13.2. The highest BCUT2D eigenvalue weighted by molar-refractivity contribution is 6.29. The minimum Gasteiger partial charge on any atom is -0.378 e. The Balaban J connectivity index is 1.87. The van der Waals surface area contributed by atoms with Gasteiger partial charge in [0, 0.05) is 25.4 Å². The molecule has 0 aliphatic carbocycles. The molecule has 0 aromatic heterocycles. The van der Waals surface area contributed by atoms with Gasteiger partial charge in [-0.2, -0.15) is 0 Å². The maximum absolute atomic E-state index is 12.5. The van der Waals surface area contributed by atoms with E-state index in [1.165, 1.54) is 4.90 Å². The summed E-state index contributed by atoms with van der Waals surface area (Å²) in [5, 5.41) is 0. The van der Waals surface area contributed by atoms with Gasteiger partial charge in [-0.05, 0) is 35.9 Å². The van der Waals surface area contributed by atoms with E-state index in [2.05, 4.69) is 0 Å². The summed E-state index contributed by atoms with van der Waals surface area (Å²) in [6.45, 7) is 0. The van der Waals surface area contributed by atoms with Gasteiger partial charge in [0.05, 0.1) is 12.1 Å². The molecule has 1 heterocycles. The molecular weight excluding hydrogens is 288 g/mol. The summed E-state index contributed by atoms with van der Waals surface area (Å²) in [7, 11) is 3.95. The van der Waals surface area contributed by atoms with Gasteiger partial charge >= 0.3 is 0 Å². The fraction of sp³-hybridized carbons (Fsp3) is 0.158. The molecule has 0 saturated carbocycles. The van der Waals surface area contributed by atoms with E-state index in [4.69, 9.17) is 0 Å². The predicted octanol–water partition coefficient (Wildman–Crippen LogP) is 3.10. The van der Waals surface area contributed by atoms with Crippen molar-refractivity contribution in [1.82, 2.24) is 0 Å². The largest absolute Gasteiger partial charge is 0.378 e. The van der Waals surface area contributed by atoms with E-state index in [0.29, 0.717) is 11.3 Å². The van der Waals surface area contributed by atoms with Gasteiger partial charge in [-0.3, -0.25) is 9.59 Å². The van der Waals surface area contributed by atoms with E-state index in [1.807, 2.05) is 61.5 Å². The highest BCUT2D eigenvalue weighted by atomic mass is 16.2. The first kappa shape index (κ1) is 15.0. The van der Waals surface area contributed by atoms with Crippen LogP contribution < -0.4 is 9.80 Å². The minimum absolute atomic E-state index is 0.142. The lowest BCUT2D eigenvalue weighted by Crippen LogP contribution is -2.28. The molecule has 0 unspecified atom stereocenters. The predicted molar refractivity (Wildman–Crippen MR) is 92.3 cm³/mol. The van der Waals surface area contributed by atoms with E-state index < -0.39 is 0 Å². The monoisotopic (exact) mass is 306 g/mol. The van der Waals surface area contributed by atoms with Crippen LogP contribution in [0.5, 0.6) is 0 Å². The number of para-hydroxylation sites is 1. The Morgan fingerprint density at radius 2 is 1.61 bits per heavy atom. The summed E-state index contributed by atoms with van der Waals surface area (Å²) in [5.74, 6) is -0.421. The number of carbonyl (C=O) groups excluding carboxylic acids is 2.